The second-order valence-corrected chi connectivity index (χ2v) is 7.47. The summed E-state index contributed by atoms with van der Waals surface area (Å²) < 4.78 is 0.876. The van der Waals surface area contributed by atoms with Crippen LogP contribution in [0.5, 0.6) is 0 Å². The summed E-state index contributed by atoms with van der Waals surface area (Å²) in [6, 6.07) is 5.71. The number of piperazine rings is 1. The van der Waals surface area contributed by atoms with Crippen LogP contribution < -0.4 is 4.90 Å². The standard InChI is InChI=1S/C16H16N4OS2/c1-19-5-7-20(8-6-19)16-17-11-4-10-23-15(11)13(18-16)14(21)12-3-2-9-22-12/h2-4,9-10H,5-8H2,1H3. The zero-order chi connectivity index (χ0) is 15.8. The van der Waals surface area contributed by atoms with Gasteiger partial charge in [-0.1, -0.05) is 6.07 Å². The van der Waals surface area contributed by atoms with E-state index < -0.39 is 0 Å². The van der Waals surface area contributed by atoms with Gasteiger partial charge in [-0.15, -0.1) is 22.7 Å². The maximum absolute atomic E-state index is 12.8. The molecule has 7 heteroatoms. The molecule has 0 aliphatic carbocycles. The van der Waals surface area contributed by atoms with E-state index in [4.69, 9.17) is 0 Å². The van der Waals surface area contributed by atoms with E-state index in [9.17, 15) is 4.79 Å². The summed E-state index contributed by atoms with van der Waals surface area (Å²) in [6.45, 7) is 3.75. The molecule has 0 amide bonds. The van der Waals surface area contributed by atoms with Gasteiger partial charge in [0.15, 0.2) is 0 Å². The molecular formula is C16H16N4OS2. The molecule has 4 rings (SSSR count). The van der Waals surface area contributed by atoms with E-state index in [1.54, 1.807) is 0 Å². The van der Waals surface area contributed by atoms with Crippen LogP contribution in [-0.2, 0) is 0 Å². The van der Waals surface area contributed by atoms with Crippen molar-refractivity contribution < 1.29 is 4.79 Å². The number of carbonyl (C=O) groups is 1. The summed E-state index contributed by atoms with van der Waals surface area (Å²) in [4.78, 5) is 27.3. The largest absolute Gasteiger partial charge is 0.338 e. The number of carbonyl (C=O) groups excluding carboxylic acids is 1. The molecule has 3 aromatic rings. The lowest BCUT2D eigenvalue weighted by Gasteiger charge is -2.32. The van der Waals surface area contributed by atoms with Crippen molar-refractivity contribution in [2.45, 2.75) is 0 Å². The van der Waals surface area contributed by atoms with Gasteiger partial charge in [0.2, 0.25) is 11.7 Å². The van der Waals surface area contributed by atoms with Gasteiger partial charge in [-0.05, 0) is 29.9 Å². The molecule has 4 heterocycles. The minimum absolute atomic E-state index is 0.00905. The van der Waals surface area contributed by atoms with E-state index in [-0.39, 0.29) is 5.78 Å². The number of anilines is 1. The van der Waals surface area contributed by atoms with Crippen molar-refractivity contribution >= 4 is 44.6 Å². The highest BCUT2D eigenvalue weighted by Crippen LogP contribution is 2.27. The monoisotopic (exact) mass is 344 g/mol. The fourth-order valence-corrected chi connectivity index (χ4v) is 4.16. The number of nitrogens with zero attached hydrogens (tertiary/aromatic N) is 4. The third kappa shape index (κ3) is 2.75. The van der Waals surface area contributed by atoms with Crippen molar-refractivity contribution in [1.82, 2.24) is 14.9 Å². The van der Waals surface area contributed by atoms with Crippen LogP contribution in [0.1, 0.15) is 15.4 Å². The second kappa shape index (κ2) is 5.99. The van der Waals surface area contributed by atoms with E-state index >= 15 is 0 Å². The molecule has 3 aromatic heterocycles. The molecule has 118 valence electrons. The van der Waals surface area contributed by atoms with Gasteiger partial charge in [-0.25, -0.2) is 9.97 Å². The summed E-state index contributed by atoms with van der Waals surface area (Å²) in [7, 11) is 2.12. The predicted octanol–water partition coefficient (Wildman–Crippen LogP) is 2.74. The van der Waals surface area contributed by atoms with Gasteiger partial charge in [-0.3, -0.25) is 4.79 Å². The molecule has 23 heavy (non-hydrogen) atoms. The fourth-order valence-electron chi connectivity index (χ4n) is 2.68. The normalized spacial score (nSPS) is 16.1. The Hall–Kier alpha value is -1.83. The molecule has 5 nitrogen and oxygen atoms in total. The van der Waals surface area contributed by atoms with Gasteiger partial charge in [-0.2, -0.15) is 0 Å². The summed E-state index contributed by atoms with van der Waals surface area (Å²) in [6.07, 6.45) is 0. The summed E-state index contributed by atoms with van der Waals surface area (Å²) in [5.74, 6) is 0.661. The number of thiophene rings is 2. The Bertz CT molecular complexity index is 835. The molecule has 0 atom stereocenters. The molecule has 0 N–H and O–H groups in total. The Morgan fingerprint density at radius 1 is 1.09 bits per heavy atom. The summed E-state index contributed by atoms with van der Waals surface area (Å²) in [5, 5.41) is 3.89. The Morgan fingerprint density at radius 2 is 1.91 bits per heavy atom. The highest BCUT2D eigenvalue weighted by molar-refractivity contribution is 7.17. The molecule has 1 saturated heterocycles. The number of hydrogen-bond donors (Lipinski definition) is 0. The van der Waals surface area contributed by atoms with E-state index in [1.807, 2.05) is 29.0 Å². The molecule has 0 bridgehead atoms. The van der Waals surface area contributed by atoms with Crippen LogP contribution in [0.2, 0.25) is 0 Å². The number of likely N-dealkylation sites (N-methyl/N-ethyl adjacent to an activating group) is 1. The molecule has 1 fully saturated rings. The van der Waals surface area contributed by atoms with Crippen LogP contribution in [0.3, 0.4) is 0 Å². The third-order valence-corrected chi connectivity index (χ3v) is 5.82. The fraction of sp³-hybridized carbons (Fsp3) is 0.312. The van der Waals surface area contributed by atoms with Crippen LogP contribution in [0, 0.1) is 0 Å². The summed E-state index contributed by atoms with van der Waals surface area (Å²) in [5.41, 5.74) is 1.39. The first kappa shape index (κ1) is 14.7. The number of aromatic nitrogens is 2. The topological polar surface area (TPSA) is 49.3 Å². The van der Waals surface area contributed by atoms with Crippen molar-refractivity contribution in [2.75, 3.05) is 38.1 Å². The minimum atomic E-state index is -0.00905. The smallest absolute Gasteiger partial charge is 0.226 e. The number of hydrogen-bond acceptors (Lipinski definition) is 7. The van der Waals surface area contributed by atoms with Gasteiger partial charge < -0.3 is 9.80 Å². The molecule has 0 aromatic carbocycles. The lowest BCUT2D eigenvalue weighted by molar-refractivity contribution is 0.103. The first-order valence-corrected chi connectivity index (χ1v) is 9.25. The lowest BCUT2D eigenvalue weighted by atomic mass is 10.2. The summed E-state index contributed by atoms with van der Waals surface area (Å²) >= 11 is 2.98. The number of fused-ring (bicyclic) bond motifs is 1. The van der Waals surface area contributed by atoms with Crippen LogP contribution in [-0.4, -0.2) is 53.9 Å². The molecule has 0 unspecified atom stereocenters. The molecule has 1 aliphatic rings. The van der Waals surface area contributed by atoms with Gasteiger partial charge in [0.1, 0.15) is 5.69 Å². The van der Waals surface area contributed by atoms with E-state index in [0.29, 0.717) is 11.6 Å². The zero-order valence-corrected chi connectivity index (χ0v) is 14.4. The molecular weight excluding hydrogens is 328 g/mol. The Balaban J connectivity index is 1.77. The number of ketones is 1. The third-order valence-electron chi connectivity index (χ3n) is 4.04. The average molecular weight is 344 g/mol. The van der Waals surface area contributed by atoms with Crippen LogP contribution in [0.25, 0.3) is 10.2 Å². The van der Waals surface area contributed by atoms with Crippen LogP contribution in [0.4, 0.5) is 5.95 Å². The van der Waals surface area contributed by atoms with Crippen molar-refractivity contribution in [1.29, 1.82) is 0 Å². The van der Waals surface area contributed by atoms with E-state index in [0.717, 1.165) is 41.3 Å². The molecule has 0 radical (unpaired) electrons. The average Bonchev–Trinajstić information content (AvgIpc) is 3.25. The van der Waals surface area contributed by atoms with Crippen molar-refractivity contribution in [2.24, 2.45) is 0 Å². The van der Waals surface area contributed by atoms with Crippen molar-refractivity contribution in [3.63, 3.8) is 0 Å². The maximum atomic E-state index is 12.8. The highest BCUT2D eigenvalue weighted by Gasteiger charge is 2.22. The predicted molar refractivity (Wildman–Crippen MR) is 94.9 cm³/mol. The van der Waals surface area contributed by atoms with E-state index in [2.05, 4.69) is 26.8 Å². The zero-order valence-electron chi connectivity index (χ0n) is 12.7. The quantitative estimate of drug-likeness (QED) is 0.684. The SMILES string of the molecule is CN1CCN(c2nc(C(=O)c3cccs3)c3sccc3n2)CC1. The molecule has 1 aliphatic heterocycles. The van der Waals surface area contributed by atoms with Gasteiger partial charge >= 0.3 is 0 Å². The first-order chi connectivity index (χ1) is 11.2. The Labute approximate surface area is 142 Å². The van der Waals surface area contributed by atoms with Crippen molar-refractivity contribution in [3.8, 4) is 0 Å². The second-order valence-electron chi connectivity index (χ2n) is 5.60. The molecule has 0 spiro atoms. The van der Waals surface area contributed by atoms with Gasteiger partial charge in [0.05, 0.1) is 15.1 Å². The van der Waals surface area contributed by atoms with Gasteiger partial charge in [0, 0.05) is 26.2 Å². The molecule has 0 saturated carbocycles. The van der Waals surface area contributed by atoms with Crippen LogP contribution >= 0.6 is 22.7 Å². The lowest BCUT2D eigenvalue weighted by Crippen LogP contribution is -2.45. The highest BCUT2D eigenvalue weighted by atomic mass is 32.1. The van der Waals surface area contributed by atoms with Gasteiger partial charge in [0.25, 0.3) is 0 Å². The van der Waals surface area contributed by atoms with Crippen LogP contribution in [0.15, 0.2) is 29.0 Å². The van der Waals surface area contributed by atoms with E-state index in [1.165, 1.54) is 22.7 Å². The first-order valence-electron chi connectivity index (χ1n) is 7.49. The maximum Gasteiger partial charge on any atom is 0.226 e. The van der Waals surface area contributed by atoms with Crippen molar-refractivity contribution in [3.05, 3.63) is 39.5 Å². The minimum Gasteiger partial charge on any atom is -0.338 e. The number of rotatable bonds is 3. The Morgan fingerprint density at radius 3 is 2.65 bits per heavy atom. The Kier molecular flexibility index (Phi) is 3.84.